The number of hydrogen-bond acceptors (Lipinski definition) is 4. The van der Waals surface area contributed by atoms with Gasteiger partial charge in [-0.15, -0.1) is 0 Å². The minimum atomic E-state index is -3.94. The highest BCUT2D eigenvalue weighted by Gasteiger charge is 2.27. The molecule has 7 nitrogen and oxygen atoms in total. The molecule has 0 saturated carbocycles. The number of halogens is 1. The number of aryl methyl sites for hydroxylation is 1. The van der Waals surface area contributed by atoms with Crippen LogP contribution >= 0.6 is 11.6 Å². The standard InChI is InChI=1S/C28H30ClN3O4S/c1-21-4-14-26(15-5-21)37(35,36)32(19-23-6-10-24(29)11-7-23)20-27(33)30-25-12-8-22(9-13-25)18-28(34)31-16-2-3-17-31/h4-15H,2-3,16-20H2,1H3,(H,30,33). The van der Waals surface area contributed by atoms with E-state index in [1.807, 2.05) is 11.8 Å². The first-order chi connectivity index (χ1) is 17.7. The summed E-state index contributed by atoms with van der Waals surface area (Å²) in [6.45, 7) is 3.14. The van der Waals surface area contributed by atoms with Gasteiger partial charge in [-0.25, -0.2) is 8.42 Å². The van der Waals surface area contributed by atoms with E-state index in [1.54, 1.807) is 72.8 Å². The van der Waals surface area contributed by atoms with Crippen LogP contribution in [0.2, 0.25) is 5.02 Å². The highest BCUT2D eigenvalue weighted by Crippen LogP contribution is 2.21. The van der Waals surface area contributed by atoms with Crippen molar-refractivity contribution in [3.8, 4) is 0 Å². The van der Waals surface area contributed by atoms with Gasteiger partial charge < -0.3 is 10.2 Å². The fraction of sp³-hybridized carbons (Fsp3) is 0.286. The Balaban J connectivity index is 1.45. The molecule has 3 aromatic rings. The molecule has 0 aliphatic carbocycles. The Morgan fingerprint density at radius 3 is 2.11 bits per heavy atom. The van der Waals surface area contributed by atoms with Crippen LogP contribution in [0.4, 0.5) is 5.69 Å². The molecule has 4 rings (SSSR count). The Labute approximate surface area is 223 Å². The summed E-state index contributed by atoms with van der Waals surface area (Å²) < 4.78 is 28.0. The summed E-state index contributed by atoms with van der Waals surface area (Å²) in [7, 11) is -3.94. The average Bonchev–Trinajstić information content (AvgIpc) is 3.42. The molecule has 1 aliphatic heterocycles. The van der Waals surface area contributed by atoms with Gasteiger partial charge in [-0.2, -0.15) is 4.31 Å². The summed E-state index contributed by atoms with van der Waals surface area (Å²) in [5, 5.41) is 3.32. The molecule has 0 radical (unpaired) electrons. The van der Waals surface area contributed by atoms with E-state index in [1.165, 1.54) is 0 Å². The molecule has 194 valence electrons. The van der Waals surface area contributed by atoms with Gasteiger partial charge in [0, 0.05) is 30.3 Å². The Morgan fingerprint density at radius 1 is 0.892 bits per heavy atom. The van der Waals surface area contributed by atoms with Gasteiger partial charge in [-0.1, -0.05) is 53.6 Å². The lowest BCUT2D eigenvalue weighted by atomic mass is 10.1. The number of carbonyl (C=O) groups excluding carboxylic acids is 2. The second-order valence-electron chi connectivity index (χ2n) is 9.22. The minimum absolute atomic E-state index is 0.0123. The number of hydrogen-bond donors (Lipinski definition) is 1. The lowest BCUT2D eigenvalue weighted by Crippen LogP contribution is -2.37. The zero-order valence-corrected chi connectivity index (χ0v) is 22.3. The molecular weight excluding hydrogens is 510 g/mol. The van der Waals surface area contributed by atoms with Crippen molar-refractivity contribution in [3.63, 3.8) is 0 Å². The number of amides is 2. The highest BCUT2D eigenvalue weighted by atomic mass is 35.5. The molecule has 0 unspecified atom stereocenters. The molecule has 1 saturated heterocycles. The lowest BCUT2D eigenvalue weighted by Gasteiger charge is -2.22. The molecular formula is C28H30ClN3O4S. The van der Waals surface area contributed by atoms with Crippen LogP contribution < -0.4 is 5.32 Å². The van der Waals surface area contributed by atoms with Crippen LogP contribution in [-0.4, -0.2) is 49.1 Å². The van der Waals surface area contributed by atoms with Gasteiger partial charge in [-0.3, -0.25) is 9.59 Å². The molecule has 2 amide bonds. The van der Waals surface area contributed by atoms with Gasteiger partial charge >= 0.3 is 0 Å². The van der Waals surface area contributed by atoms with Gasteiger partial charge in [0.05, 0.1) is 17.9 Å². The Morgan fingerprint density at radius 2 is 1.49 bits per heavy atom. The fourth-order valence-corrected chi connectivity index (χ4v) is 5.71. The van der Waals surface area contributed by atoms with E-state index in [0.717, 1.165) is 41.4 Å². The van der Waals surface area contributed by atoms with Gasteiger partial charge in [0.2, 0.25) is 21.8 Å². The van der Waals surface area contributed by atoms with E-state index in [-0.39, 0.29) is 23.9 Å². The molecule has 9 heteroatoms. The molecule has 1 heterocycles. The van der Waals surface area contributed by atoms with Crippen molar-refractivity contribution in [2.45, 2.75) is 37.6 Å². The van der Waals surface area contributed by atoms with Crippen molar-refractivity contribution in [3.05, 3.63) is 94.5 Å². The van der Waals surface area contributed by atoms with Gasteiger partial charge in [0.25, 0.3) is 0 Å². The minimum Gasteiger partial charge on any atom is -0.342 e. The zero-order chi connectivity index (χ0) is 26.4. The first kappa shape index (κ1) is 26.9. The van der Waals surface area contributed by atoms with Crippen LogP contribution in [0, 0.1) is 6.92 Å². The third-order valence-electron chi connectivity index (χ3n) is 6.30. The quantitative estimate of drug-likeness (QED) is 0.429. The van der Waals surface area contributed by atoms with Crippen molar-refractivity contribution < 1.29 is 18.0 Å². The maximum absolute atomic E-state index is 13.4. The third kappa shape index (κ3) is 7.19. The van der Waals surface area contributed by atoms with Gasteiger partial charge in [0.15, 0.2) is 0 Å². The Bertz CT molecular complexity index is 1340. The SMILES string of the molecule is Cc1ccc(S(=O)(=O)N(CC(=O)Nc2ccc(CC(=O)N3CCCC3)cc2)Cc2ccc(Cl)cc2)cc1. The molecule has 1 N–H and O–H groups in total. The fourth-order valence-electron chi connectivity index (χ4n) is 4.20. The van der Waals surface area contributed by atoms with Gasteiger partial charge in [0.1, 0.15) is 0 Å². The third-order valence-corrected chi connectivity index (χ3v) is 8.36. The normalized spacial score (nSPS) is 13.6. The summed E-state index contributed by atoms with van der Waals surface area (Å²) in [6.07, 6.45) is 2.41. The predicted octanol–water partition coefficient (Wildman–Crippen LogP) is 4.64. The number of carbonyl (C=O) groups is 2. The van der Waals surface area contributed by atoms with Crippen LogP contribution in [-0.2, 0) is 32.6 Å². The van der Waals surface area contributed by atoms with Crippen LogP contribution in [0.15, 0.2) is 77.7 Å². The Kier molecular flexibility index (Phi) is 8.63. The maximum Gasteiger partial charge on any atom is 0.243 e. The molecule has 1 aliphatic rings. The smallest absolute Gasteiger partial charge is 0.243 e. The molecule has 1 fully saturated rings. The summed E-state index contributed by atoms with van der Waals surface area (Å²) in [5.41, 5.74) is 3.04. The summed E-state index contributed by atoms with van der Waals surface area (Å²) in [6, 6.07) is 20.4. The largest absolute Gasteiger partial charge is 0.342 e. The van der Waals surface area contributed by atoms with E-state index in [0.29, 0.717) is 22.7 Å². The molecule has 37 heavy (non-hydrogen) atoms. The zero-order valence-electron chi connectivity index (χ0n) is 20.7. The molecule has 0 bridgehead atoms. The second-order valence-corrected chi connectivity index (χ2v) is 11.6. The van der Waals surface area contributed by atoms with Crippen molar-refractivity contribution in [2.75, 3.05) is 25.0 Å². The predicted molar refractivity (Wildman–Crippen MR) is 145 cm³/mol. The highest BCUT2D eigenvalue weighted by molar-refractivity contribution is 7.89. The Hall–Kier alpha value is -3.20. The van der Waals surface area contributed by atoms with E-state index < -0.39 is 15.9 Å². The number of sulfonamides is 1. The molecule has 0 spiro atoms. The van der Waals surface area contributed by atoms with E-state index in [4.69, 9.17) is 11.6 Å². The number of anilines is 1. The number of nitrogens with zero attached hydrogens (tertiary/aromatic N) is 2. The first-order valence-electron chi connectivity index (χ1n) is 12.2. The molecule has 0 aromatic heterocycles. The number of benzene rings is 3. The van der Waals surface area contributed by atoms with Crippen molar-refractivity contribution >= 4 is 39.1 Å². The van der Waals surface area contributed by atoms with Crippen LogP contribution in [0.3, 0.4) is 0 Å². The number of likely N-dealkylation sites (tertiary alicyclic amines) is 1. The van der Waals surface area contributed by atoms with Crippen molar-refractivity contribution in [1.82, 2.24) is 9.21 Å². The topological polar surface area (TPSA) is 86.8 Å². The maximum atomic E-state index is 13.4. The van der Waals surface area contributed by atoms with E-state index in [9.17, 15) is 18.0 Å². The number of nitrogens with one attached hydrogen (secondary N) is 1. The number of rotatable bonds is 9. The van der Waals surface area contributed by atoms with Crippen LogP contribution in [0.5, 0.6) is 0 Å². The summed E-state index contributed by atoms with van der Waals surface area (Å²) >= 11 is 5.98. The molecule has 3 aromatic carbocycles. The second kappa shape index (κ2) is 11.9. The van der Waals surface area contributed by atoms with Crippen molar-refractivity contribution in [1.29, 1.82) is 0 Å². The van der Waals surface area contributed by atoms with Crippen molar-refractivity contribution in [2.24, 2.45) is 0 Å². The van der Waals surface area contributed by atoms with E-state index >= 15 is 0 Å². The van der Waals surface area contributed by atoms with Crippen LogP contribution in [0.1, 0.15) is 29.5 Å². The lowest BCUT2D eigenvalue weighted by molar-refractivity contribution is -0.129. The average molecular weight is 540 g/mol. The molecule has 0 atom stereocenters. The summed E-state index contributed by atoms with van der Waals surface area (Å²) in [4.78, 5) is 27.3. The monoisotopic (exact) mass is 539 g/mol. The van der Waals surface area contributed by atoms with E-state index in [2.05, 4.69) is 5.32 Å². The van der Waals surface area contributed by atoms with Crippen LogP contribution in [0.25, 0.3) is 0 Å². The summed E-state index contributed by atoms with van der Waals surface area (Å²) in [5.74, 6) is -0.362. The first-order valence-corrected chi connectivity index (χ1v) is 14.0. The van der Waals surface area contributed by atoms with Gasteiger partial charge in [-0.05, 0) is 67.3 Å².